The molecule has 0 radical (unpaired) electrons. The second-order valence-electron chi connectivity index (χ2n) is 5.12. The fourth-order valence-electron chi connectivity index (χ4n) is 2.21. The number of rotatable bonds is 7. The van der Waals surface area contributed by atoms with Crippen LogP contribution < -0.4 is 0 Å². The lowest BCUT2D eigenvalue weighted by Gasteiger charge is -2.04. The van der Waals surface area contributed by atoms with Gasteiger partial charge in [-0.3, -0.25) is 9.59 Å². The molecule has 0 aliphatic rings. The Labute approximate surface area is 129 Å². The fourth-order valence-corrected chi connectivity index (χ4v) is 2.21. The molecular formula is C18H18O4. The zero-order chi connectivity index (χ0) is 15.9. The van der Waals surface area contributed by atoms with E-state index in [1.54, 1.807) is 30.3 Å². The maximum atomic E-state index is 11.9. The van der Waals surface area contributed by atoms with Crippen LogP contribution in [0.2, 0.25) is 0 Å². The molecule has 2 aromatic rings. The molecule has 22 heavy (non-hydrogen) atoms. The summed E-state index contributed by atoms with van der Waals surface area (Å²) in [7, 11) is 0. The average molecular weight is 298 g/mol. The van der Waals surface area contributed by atoms with Gasteiger partial charge in [0.05, 0.1) is 5.56 Å². The van der Waals surface area contributed by atoms with E-state index in [9.17, 15) is 19.8 Å². The summed E-state index contributed by atoms with van der Waals surface area (Å²) < 4.78 is 0. The van der Waals surface area contributed by atoms with Gasteiger partial charge in [-0.1, -0.05) is 12.1 Å². The van der Waals surface area contributed by atoms with Gasteiger partial charge in [-0.15, -0.1) is 0 Å². The third kappa shape index (κ3) is 4.19. The van der Waals surface area contributed by atoms with E-state index in [2.05, 4.69) is 0 Å². The smallest absolute Gasteiger partial charge is 0.166 e. The van der Waals surface area contributed by atoms with Crippen molar-refractivity contribution in [1.29, 1.82) is 0 Å². The van der Waals surface area contributed by atoms with Crippen molar-refractivity contribution in [3.05, 3.63) is 59.7 Å². The highest BCUT2D eigenvalue weighted by molar-refractivity contribution is 5.98. The Kier molecular flexibility index (Phi) is 5.31. The van der Waals surface area contributed by atoms with Crippen LogP contribution in [0.25, 0.3) is 0 Å². The molecule has 0 heterocycles. The molecule has 0 aromatic heterocycles. The molecular weight excluding hydrogens is 280 g/mol. The van der Waals surface area contributed by atoms with Crippen LogP contribution in [0.15, 0.2) is 48.5 Å². The number of Topliss-reactive ketones (excluding diaryl/α,β-unsaturated/α-hetero) is 2. The summed E-state index contributed by atoms with van der Waals surface area (Å²) in [6.45, 7) is 0. The van der Waals surface area contributed by atoms with Crippen LogP contribution in [0.4, 0.5) is 0 Å². The lowest BCUT2D eigenvalue weighted by Crippen LogP contribution is -2.02. The lowest BCUT2D eigenvalue weighted by molar-refractivity contribution is 0.0953. The van der Waals surface area contributed by atoms with Gasteiger partial charge in [-0.2, -0.15) is 0 Å². The van der Waals surface area contributed by atoms with E-state index in [0.717, 1.165) is 0 Å². The number of ketones is 2. The zero-order valence-corrected chi connectivity index (χ0v) is 12.2. The summed E-state index contributed by atoms with van der Waals surface area (Å²) in [6, 6.07) is 12.6. The van der Waals surface area contributed by atoms with Crippen molar-refractivity contribution in [2.24, 2.45) is 0 Å². The molecule has 0 fully saturated rings. The topological polar surface area (TPSA) is 74.6 Å². The summed E-state index contributed by atoms with van der Waals surface area (Å²) >= 11 is 0. The van der Waals surface area contributed by atoms with E-state index < -0.39 is 0 Å². The van der Waals surface area contributed by atoms with Crippen molar-refractivity contribution in [2.75, 3.05) is 0 Å². The van der Waals surface area contributed by atoms with Gasteiger partial charge in [0.2, 0.25) is 0 Å². The van der Waals surface area contributed by atoms with E-state index in [0.29, 0.717) is 36.8 Å². The summed E-state index contributed by atoms with van der Waals surface area (Å²) in [5.74, 6) is 0.00248. The minimum absolute atomic E-state index is 0.00462. The Morgan fingerprint density at radius 1 is 0.773 bits per heavy atom. The van der Waals surface area contributed by atoms with Crippen LogP contribution in [0.3, 0.4) is 0 Å². The van der Waals surface area contributed by atoms with E-state index in [1.165, 1.54) is 18.2 Å². The van der Waals surface area contributed by atoms with Gasteiger partial charge >= 0.3 is 0 Å². The number of carbonyl (C=O) groups is 2. The molecule has 0 spiro atoms. The Balaban J connectivity index is 1.77. The number of phenolic OH excluding ortho intramolecular Hbond substituents is 2. The lowest BCUT2D eigenvalue weighted by atomic mass is 10.0. The number of hydrogen-bond acceptors (Lipinski definition) is 4. The Bertz CT molecular complexity index is 659. The predicted octanol–water partition coefficient (Wildman–Crippen LogP) is 3.72. The molecule has 0 atom stereocenters. The Hall–Kier alpha value is -2.62. The summed E-state index contributed by atoms with van der Waals surface area (Å²) in [6.07, 6.45) is 1.87. The van der Waals surface area contributed by atoms with Crippen molar-refractivity contribution in [3.63, 3.8) is 0 Å². The average Bonchev–Trinajstić information content (AvgIpc) is 2.52. The summed E-state index contributed by atoms with van der Waals surface area (Å²) in [5, 5.41) is 18.8. The van der Waals surface area contributed by atoms with Gasteiger partial charge in [0, 0.05) is 18.4 Å². The van der Waals surface area contributed by atoms with E-state index in [-0.39, 0.29) is 23.1 Å². The number of aromatic hydroxyl groups is 2. The quantitative estimate of drug-likeness (QED) is 0.603. The molecule has 0 aliphatic carbocycles. The van der Waals surface area contributed by atoms with Gasteiger partial charge in [0.15, 0.2) is 11.6 Å². The molecule has 0 aliphatic heterocycles. The molecule has 2 N–H and O–H groups in total. The minimum atomic E-state index is -0.116. The number of unbranched alkanes of at least 4 members (excludes halogenated alkanes) is 1. The molecule has 4 heteroatoms. The third-order valence-electron chi connectivity index (χ3n) is 3.45. The molecule has 0 unspecified atom stereocenters. The fraction of sp³-hybridized carbons (Fsp3) is 0.222. The van der Waals surface area contributed by atoms with Crippen LogP contribution in [-0.2, 0) is 0 Å². The van der Waals surface area contributed by atoms with Gasteiger partial charge < -0.3 is 10.2 Å². The van der Waals surface area contributed by atoms with Crippen LogP contribution in [-0.4, -0.2) is 21.8 Å². The van der Waals surface area contributed by atoms with Crippen molar-refractivity contribution in [1.82, 2.24) is 0 Å². The summed E-state index contributed by atoms with van der Waals surface area (Å²) in [5.41, 5.74) is 0.886. The maximum absolute atomic E-state index is 11.9. The molecule has 0 bridgehead atoms. The number of hydrogen-bond donors (Lipinski definition) is 2. The third-order valence-corrected chi connectivity index (χ3v) is 3.45. The largest absolute Gasteiger partial charge is 0.508 e. The monoisotopic (exact) mass is 298 g/mol. The highest BCUT2D eigenvalue weighted by Crippen LogP contribution is 2.19. The second kappa shape index (κ2) is 7.41. The first kappa shape index (κ1) is 15.8. The van der Waals surface area contributed by atoms with Crippen LogP contribution >= 0.6 is 0 Å². The van der Waals surface area contributed by atoms with Gasteiger partial charge in [0.1, 0.15) is 11.5 Å². The van der Waals surface area contributed by atoms with Gasteiger partial charge in [-0.25, -0.2) is 0 Å². The van der Waals surface area contributed by atoms with Crippen LogP contribution in [0.1, 0.15) is 46.4 Å². The predicted molar refractivity (Wildman–Crippen MR) is 83.3 cm³/mol. The molecule has 0 amide bonds. The molecule has 0 saturated heterocycles. The van der Waals surface area contributed by atoms with Gasteiger partial charge in [-0.05, 0) is 49.2 Å². The SMILES string of the molecule is O=C(CCCCC(=O)c1ccccc1O)c1ccc(O)cc1. The van der Waals surface area contributed by atoms with Crippen molar-refractivity contribution in [3.8, 4) is 11.5 Å². The highest BCUT2D eigenvalue weighted by Gasteiger charge is 2.11. The van der Waals surface area contributed by atoms with E-state index in [1.807, 2.05) is 0 Å². The maximum Gasteiger partial charge on any atom is 0.166 e. The first-order chi connectivity index (χ1) is 10.6. The Morgan fingerprint density at radius 2 is 1.36 bits per heavy atom. The Morgan fingerprint density at radius 3 is 2.00 bits per heavy atom. The van der Waals surface area contributed by atoms with Crippen LogP contribution in [0, 0.1) is 0 Å². The second-order valence-corrected chi connectivity index (χ2v) is 5.12. The molecule has 2 aromatic carbocycles. The normalized spacial score (nSPS) is 10.4. The first-order valence-corrected chi connectivity index (χ1v) is 7.21. The molecule has 0 saturated carbocycles. The number of phenols is 2. The molecule has 2 rings (SSSR count). The first-order valence-electron chi connectivity index (χ1n) is 7.21. The van der Waals surface area contributed by atoms with E-state index in [4.69, 9.17) is 0 Å². The van der Waals surface area contributed by atoms with Gasteiger partial charge in [0.25, 0.3) is 0 Å². The van der Waals surface area contributed by atoms with Crippen LogP contribution in [0.5, 0.6) is 11.5 Å². The number of benzene rings is 2. The standard InChI is InChI=1S/C18H18O4/c19-14-11-9-13(10-12-14)16(20)6-3-4-8-18(22)15-5-1-2-7-17(15)21/h1-2,5,7,9-12,19,21H,3-4,6,8H2. The van der Waals surface area contributed by atoms with Crippen molar-refractivity contribution in [2.45, 2.75) is 25.7 Å². The highest BCUT2D eigenvalue weighted by atomic mass is 16.3. The minimum Gasteiger partial charge on any atom is -0.508 e. The number of para-hydroxylation sites is 1. The van der Waals surface area contributed by atoms with E-state index >= 15 is 0 Å². The molecule has 4 nitrogen and oxygen atoms in total. The number of carbonyl (C=O) groups excluding carboxylic acids is 2. The van der Waals surface area contributed by atoms with Crippen molar-refractivity contribution < 1.29 is 19.8 Å². The summed E-state index contributed by atoms with van der Waals surface area (Å²) in [4.78, 5) is 23.9. The van der Waals surface area contributed by atoms with Crippen molar-refractivity contribution >= 4 is 11.6 Å². The zero-order valence-electron chi connectivity index (χ0n) is 12.2. The molecule has 114 valence electrons.